The van der Waals surface area contributed by atoms with Crippen molar-refractivity contribution in [3.63, 3.8) is 0 Å². The van der Waals surface area contributed by atoms with Crippen molar-refractivity contribution in [3.8, 4) is 0 Å². The van der Waals surface area contributed by atoms with E-state index in [1.54, 1.807) is 19.1 Å². The van der Waals surface area contributed by atoms with Gasteiger partial charge in [0.2, 0.25) is 0 Å². The number of Topliss-reactive ketones (excluding diaryl/α,β-unsaturated/α-hetero) is 1. The molecule has 0 saturated carbocycles. The molecule has 0 aliphatic rings. The lowest BCUT2D eigenvalue weighted by molar-refractivity contribution is -0.143. The van der Waals surface area contributed by atoms with Gasteiger partial charge in [0.05, 0.1) is 6.61 Å². The second-order valence-corrected chi connectivity index (χ2v) is 4.65. The second-order valence-electron chi connectivity index (χ2n) is 4.24. The summed E-state index contributed by atoms with van der Waals surface area (Å²) in [5, 5.41) is 0.686. The smallest absolute Gasteiger partial charge is 0.305 e. The molecule has 4 heteroatoms. The Morgan fingerprint density at radius 1 is 1.21 bits per heavy atom. The van der Waals surface area contributed by atoms with Gasteiger partial charge in [-0.15, -0.1) is 0 Å². The van der Waals surface area contributed by atoms with Gasteiger partial charge in [-0.25, -0.2) is 0 Å². The monoisotopic (exact) mass is 282 g/mol. The minimum absolute atomic E-state index is 0.0377. The fourth-order valence-electron chi connectivity index (χ4n) is 1.79. The lowest BCUT2D eigenvalue weighted by Gasteiger charge is -2.05. The van der Waals surface area contributed by atoms with Gasteiger partial charge in [0.15, 0.2) is 5.78 Å². The van der Waals surface area contributed by atoms with Gasteiger partial charge < -0.3 is 4.74 Å². The van der Waals surface area contributed by atoms with Crippen LogP contribution in [0.25, 0.3) is 0 Å². The zero-order valence-electron chi connectivity index (χ0n) is 11.4. The average Bonchev–Trinajstić information content (AvgIpc) is 2.39. The highest BCUT2D eigenvalue weighted by atomic mass is 35.5. The molecule has 0 aliphatic heterocycles. The lowest BCUT2D eigenvalue weighted by Crippen LogP contribution is -2.06. The van der Waals surface area contributed by atoms with Crippen molar-refractivity contribution >= 4 is 23.4 Å². The molecule has 0 N–H and O–H groups in total. The van der Waals surface area contributed by atoms with Crippen molar-refractivity contribution < 1.29 is 14.3 Å². The van der Waals surface area contributed by atoms with E-state index in [9.17, 15) is 9.59 Å². The Labute approximate surface area is 118 Å². The van der Waals surface area contributed by atoms with Crippen molar-refractivity contribution in [2.45, 2.75) is 39.5 Å². The van der Waals surface area contributed by atoms with Crippen LogP contribution in [0.3, 0.4) is 0 Å². The molecule has 1 aromatic rings. The highest BCUT2D eigenvalue weighted by Crippen LogP contribution is 2.19. The molecule has 0 saturated heterocycles. The van der Waals surface area contributed by atoms with E-state index in [0.717, 1.165) is 12.0 Å². The third-order valence-electron chi connectivity index (χ3n) is 2.84. The van der Waals surface area contributed by atoms with Crippen LogP contribution in [-0.2, 0) is 16.0 Å². The number of aryl methyl sites for hydroxylation is 1. The molecule has 104 valence electrons. The molecule has 0 atom stereocenters. The van der Waals surface area contributed by atoms with E-state index in [0.29, 0.717) is 30.0 Å². The first-order valence-electron chi connectivity index (χ1n) is 6.55. The number of hydrogen-bond donors (Lipinski definition) is 0. The van der Waals surface area contributed by atoms with Gasteiger partial charge in [-0.05, 0) is 43.5 Å². The minimum atomic E-state index is -0.249. The summed E-state index contributed by atoms with van der Waals surface area (Å²) >= 11 is 6.01. The number of carbonyl (C=O) groups is 2. The van der Waals surface area contributed by atoms with Crippen LogP contribution in [0, 0.1) is 0 Å². The van der Waals surface area contributed by atoms with Gasteiger partial charge in [0, 0.05) is 23.4 Å². The molecule has 0 spiro atoms. The standard InChI is InChI=1S/C15H19ClO3/c1-3-11-10-12(8-9-13(11)16)14(17)6-5-7-15(18)19-4-2/h8-10H,3-7H2,1-2H3. The summed E-state index contributed by atoms with van der Waals surface area (Å²) in [7, 11) is 0. The summed E-state index contributed by atoms with van der Waals surface area (Å²) in [6.45, 7) is 4.14. The van der Waals surface area contributed by atoms with Crippen molar-refractivity contribution in [1.29, 1.82) is 0 Å². The maximum absolute atomic E-state index is 12.0. The Morgan fingerprint density at radius 3 is 2.58 bits per heavy atom. The van der Waals surface area contributed by atoms with Crippen LogP contribution < -0.4 is 0 Å². The Kier molecular flexibility index (Phi) is 6.57. The molecule has 0 bridgehead atoms. The number of ether oxygens (including phenoxy) is 1. The van der Waals surface area contributed by atoms with Crippen LogP contribution in [0.4, 0.5) is 0 Å². The van der Waals surface area contributed by atoms with Crippen molar-refractivity contribution in [2.75, 3.05) is 6.61 Å². The number of ketones is 1. The van der Waals surface area contributed by atoms with Gasteiger partial charge in [-0.3, -0.25) is 9.59 Å². The number of halogens is 1. The third kappa shape index (κ3) is 5.03. The minimum Gasteiger partial charge on any atom is -0.466 e. The Hall–Kier alpha value is -1.35. The van der Waals surface area contributed by atoms with Crippen LogP contribution in [0.15, 0.2) is 18.2 Å². The summed E-state index contributed by atoms with van der Waals surface area (Å²) < 4.78 is 4.81. The molecular weight excluding hydrogens is 264 g/mol. The van der Waals surface area contributed by atoms with E-state index in [1.165, 1.54) is 0 Å². The second kappa shape index (κ2) is 7.95. The summed E-state index contributed by atoms with van der Waals surface area (Å²) in [6, 6.07) is 5.31. The number of carbonyl (C=O) groups excluding carboxylic acids is 2. The van der Waals surface area contributed by atoms with Gasteiger partial charge >= 0.3 is 5.97 Å². The molecule has 0 radical (unpaired) electrons. The van der Waals surface area contributed by atoms with Crippen LogP contribution in [0.2, 0.25) is 5.02 Å². The molecule has 0 aliphatic carbocycles. The zero-order valence-corrected chi connectivity index (χ0v) is 12.1. The zero-order chi connectivity index (χ0) is 14.3. The fraction of sp³-hybridized carbons (Fsp3) is 0.467. The van der Waals surface area contributed by atoms with Gasteiger partial charge in [0.1, 0.15) is 0 Å². The molecule has 19 heavy (non-hydrogen) atoms. The molecule has 1 aromatic carbocycles. The van der Waals surface area contributed by atoms with E-state index in [1.807, 2.05) is 13.0 Å². The Morgan fingerprint density at radius 2 is 1.95 bits per heavy atom. The predicted molar refractivity (Wildman–Crippen MR) is 75.6 cm³/mol. The molecule has 0 unspecified atom stereocenters. The Balaban J connectivity index is 2.52. The maximum atomic E-state index is 12.0. The van der Waals surface area contributed by atoms with E-state index in [-0.39, 0.29) is 18.2 Å². The maximum Gasteiger partial charge on any atom is 0.305 e. The van der Waals surface area contributed by atoms with Crippen molar-refractivity contribution in [1.82, 2.24) is 0 Å². The van der Waals surface area contributed by atoms with Crippen LogP contribution in [0.5, 0.6) is 0 Å². The van der Waals surface area contributed by atoms with E-state index < -0.39 is 0 Å². The summed E-state index contributed by atoms with van der Waals surface area (Å²) in [4.78, 5) is 23.1. The van der Waals surface area contributed by atoms with Crippen molar-refractivity contribution in [3.05, 3.63) is 34.3 Å². The van der Waals surface area contributed by atoms with Crippen LogP contribution >= 0.6 is 11.6 Å². The first-order chi connectivity index (χ1) is 9.08. The highest BCUT2D eigenvalue weighted by molar-refractivity contribution is 6.31. The summed E-state index contributed by atoms with van der Waals surface area (Å²) in [5.41, 5.74) is 1.63. The van der Waals surface area contributed by atoms with Gasteiger partial charge in [0.25, 0.3) is 0 Å². The molecule has 0 heterocycles. The molecular formula is C15H19ClO3. The first kappa shape index (κ1) is 15.7. The SMILES string of the molecule is CCOC(=O)CCCC(=O)c1ccc(Cl)c(CC)c1. The predicted octanol–water partition coefficient (Wildman–Crippen LogP) is 3.82. The van der Waals surface area contributed by atoms with E-state index in [4.69, 9.17) is 16.3 Å². The quantitative estimate of drug-likeness (QED) is 0.564. The van der Waals surface area contributed by atoms with Crippen molar-refractivity contribution in [2.24, 2.45) is 0 Å². The average molecular weight is 283 g/mol. The number of hydrogen-bond acceptors (Lipinski definition) is 3. The molecule has 1 rings (SSSR count). The highest BCUT2D eigenvalue weighted by Gasteiger charge is 2.10. The largest absolute Gasteiger partial charge is 0.466 e. The number of esters is 1. The fourth-order valence-corrected chi connectivity index (χ4v) is 2.04. The normalized spacial score (nSPS) is 10.3. The molecule has 0 aromatic heterocycles. The van der Waals surface area contributed by atoms with Gasteiger partial charge in [-0.1, -0.05) is 18.5 Å². The third-order valence-corrected chi connectivity index (χ3v) is 3.21. The molecule has 0 amide bonds. The Bertz CT molecular complexity index is 455. The number of rotatable bonds is 7. The summed E-state index contributed by atoms with van der Waals surface area (Å²) in [5.74, 6) is -0.212. The van der Waals surface area contributed by atoms with Gasteiger partial charge in [-0.2, -0.15) is 0 Å². The van der Waals surface area contributed by atoms with Crippen LogP contribution in [0.1, 0.15) is 49.0 Å². The van der Waals surface area contributed by atoms with E-state index >= 15 is 0 Å². The first-order valence-corrected chi connectivity index (χ1v) is 6.93. The summed E-state index contributed by atoms with van der Waals surface area (Å²) in [6.07, 6.45) is 1.95. The van der Waals surface area contributed by atoms with Crippen LogP contribution in [-0.4, -0.2) is 18.4 Å². The molecule has 0 fully saturated rings. The lowest BCUT2D eigenvalue weighted by atomic mass is 10.0. The van der Waals surface area contributed by atoms with E-state index in [2.05, 4.69) is 0 Å². The number of benzene rings is 1. The topological polar surface area (TPSA) is 43.4 Å². The molecule has 3 nitrogen and oxygen atoms in total.